The second-order valence-corrected chi connectivity index (χ2v) is 4.03. The van der Waals surface area contributed by atoms with Crippen LogP contribution in [0, 0.1) is 11.3 Å². The Labute approximate surface area is 95.5 Å². The van der Waals surface area contributed by atoms with E-state index in [0.29, 0.717) is 13.2 Å². The molecule has 1 saturated heterocycles. The standard InChI is InChI=1S/C12H15N3O/c1-12(10-13,11-3-2-4-14-9-11)15-5-7-16-8-6-15/h2-4,9H,5-8H2,1H3. The van der Waals surface area contributed by atoms with Gasteiger partial charge in [0.2, 0.25) is 0 Å². The molecular formula is C12H15N3O. The highest BCUT2D eigenvalue weighted by molar-refractivity contribution is 5.27. The van der Waals surface area contributed by atoms with Crippen LogP contribution in [-0.2, 0) is 10.3 Å². The molecule has 0 radical (unpaired) electrons. The molecule has 4 nitrogen and oxygen atoms in total. The van der Waals surface area contributed by atoms with Crippen molar-refractivity contribution in [1.82, 2.24) is 9.88 Å². The Bertz CT molecular complexity index is 381. The quantitative estimate of drug-likeness (QED) is 0.745. The minimum atomic E-state index is -0.599. The van der Waals surface area contributed by atoms with Gasteiger partial charge in [0.15, 0.2) is 0 Å². The lowest BCUT2D eigenvalue weighted by molar-refractivity contribution is 0.000351. The fraction of sp³-hybridized carbons (Fsp3) is 0.500. The molecule has 1 aromatic heterocycles. The van der Waals surface area contributed by atoms with Crippen molar-refractivity contribution in [3.05, 3.63) is 30.1 Å². The Balaban J connectivity index is 2.29. The van der Waals surface area contributed by atoms with E-state index < -0.39 is 5.54 Å². The molecule has 0 amide bonds. The smallest absolute Gasteiger partial charge is 0.133 e. The Hall–Kier alpha value is -1.44. The van der Waals surface area contributed by atoms with Gasteiger partial charge in [-0.2, -0.15) is 5.26 Å². The number of rotatable bonds is 2. The topological polar surface area (TPSA) is 49.2 Å². The van der Waals surface area contributed by atoms with Crippen LogP contribution in [0.3, 0.4) is 0 Å². The summed E-state index contributed by atoms with van der Waals surface area (Å²) in [5.41, 5.74) is 0.345. The van der Waals surface area contributed by atoms with Gasteiger partial charge in [0, 0.05) is 31.0 Å². The number of ether oxygens (including phenoxy) is 1. The van der Waals surface area contributed by atoms with Crippen LogP contribution in [0.25, 0.3) is 0 Å². The zero-order chi connectivity index (χ0) is 11.4. The lowest BCUT2D eigenvalue weighted by Gasteiger charge is -2.38. The molecule has 0 spiro atoms. The average Bonchev–Trinajstić information content (AvgIpc) is 2.40. The maximum atomic E-state index is 9.43. The normalized spacial score (nSPS) is 21.0. The summed E-state index contributed by atoms with van der Waals surface area (Å²) in [6, 6.07) is 6.21. The van der Waals surface area contributed by atoms with Crippen LogP contribution in [0.5, 0.6) is 0 Å². The van der Waals surface area contributed by atoms with Crippen molar-refractivity contribution in [2.24, 2.45) is 0 Å². The van der Waals surface area contributed by atoms with E-state index in [2.05, 4.69) is 16.0 Å². The first-order valence-electron chi connectivity index (χ1n) is 5.42. The fourth-order valence-corrected chi connectivity index (χ4v) is 1.98. The Morgan fingerprint density at radius 2 is 2.25 bits per heavy atom. The zero-order valence-electron chi connectivity index (χ0n) is 9.39. The molecule has 0 N–H and O–H groups in total. The van der Waals surface area contributed by atoms with Crippen LogP contribution in [0.15, 0.2) is 24.5 Å². The van der Waals surface area contributed by atoms with Gasteiger partial charge in [-0.25, -0.2) is 0 Å². The van der Waals surface area contributed by atoms with Gasteiger partial charge < -0.3 is 4.74 Å². The van der Waals surface area contributed by atoms with Crippen LogP contribution in [0.1, 0.15) is 12.5 Å². The van der Waals surface area contributed by atoms with Crippen LogP contribution in [-0.4, -0.2) is 36.2 Å². The molecule has 2 heterocycles. The van der Waals surface area contributed by atoms with Gasteiger partial charge in [0.1, 0.15) is 5.54 Å². The molecule has 1 unspecified atom stereocenters. The van der Waals surface area contributed by atoms with E-state index in [1.54, 1.807) is 12.4 Å². The lowest BCUT2D eigenvalue weighted by atomic mass is 9.92. The largest absolute Gasteiger partial charge is 0.379 e. The van der Waals surface area contributed by atoms with Gasteiger partial charge in [-0.05, 0) is 13.0 Å². The summed E-state index contributed by atoms with van der Waals surface area (Å²) in [6.45, 7) is 4.91. The van der Waals surface area contributed by atoms with Gasteiger partial charge in [-0.15, -0.1) is 0 Å². The van der Waals surface area contributed by atoms with Crippen molar-refractivity contribution in [3.63, 3.8) is 0 Å². The van der Waals surface area contributed by atoms with Gasteiger partial charge in [-0.3, -0.25) is 9.88 Å². The lowest BCUT2D eigenvalue weighted by Crippen LogP contribution is -2.48. The van der Waals surface area contributed by atoms with E-state index in [-0.39, 0.29) is 0 Å². The minimum Gasteiger partial charge on any atom is -0.379 e. The number of nitrogens with zero attached hydrogens (tertiary/aromatic N) is 3. The molecule has 4 heteroatoms. The molecule has 1 fully saturated rings. The molecule has 0 saturated carbocycles. The Kier molecular flexibility index (Phi) is 3.18. The average molecular weight is 217 g/mol. The van der Waals surface area contributed by atoms with E-state index in [0.717, 1.165) is 18.7 Å². The molecule has 1 aromatic rings. The van der Waals surface area contributed by atoms with Crippen molar-refractivity contribution in [1.29, 1.82) is 5.26 Å². The van der Waals surface area contributed by atoms with Crippen LogP contribution in [0.2, 0.25) is 0 Å². The maximum absolute atomic E-state index is 9.43. The molecule has 2 rings (SSSR count). The second-order valence-electron chi connectivity index (χ2n) is 4.03. The molecule has 84 valence electrons. The second kappa shape index (κ2) is 4.60. The van der Waals surface area contributed by atoms with E-state index in [9.17, 15) is 5.26 Å². The summed E-state index contributed by atoms with van der Waals surface area (Å²) in [4.78, 5) is 6.23. The van der Waals surface area contributed by atoms with Crippen molar-refractivity contribution >= 4 is 0 Å². The minimum absolute atomic E-state index is 0.599. The summed E-state index contributed by atoms with van der Waals surface area (Å²) in [6.07, 6.45) is 3.49. The van der Waals surface area contributed by atoms with E-state index in [1.807, 2.05) is 19.1 Å². The maximum Gasteiger partial charge on any atom is 0.133 e. The summed E-state index contributed by atoms with van der Waals surface area (Å²) >= 11 is 0. The molecule has 0 bridgehead atoms. The monoisotopic (exact) mass is 217 g/mol. The van der Waals surface area contributed by atoms with Gasteiger partial charge >= 0.3 is 0 Å². The van der Waals surface area contributed by atoms with Crippen molar-refractivity contribution in [2.75, 3.05) is 26.3 Å². The van der Waals surface area contributed by atoms with E-state index in [4.69, 9.17) is 4.74 Å². The summed E-state index contributed by atoms with van der Waals surface area (Å²) in [5, 5.41) is 9.43. The van der Waals surface area contributed by atoms with Gasteiger partial charge in [-0.1, -0.05) is 6.07 Å². The van der Waals surface area contributed by atoms with Crippen LogP contribution in [0.4, 0.5) is 0 Å². The third-order valence-corrected chi connectivity index (χ3v) is 3.08. The van der Waals surface area contributed by atoms with Crippen molar-refractivity contribution in [2.45, 2.75) is 12.5 Å². The molecule has 1 aliphatic rings. The van der Waals surface area contributed by atoms with Gasteiger partial charge in [0.05, 0.1) is 19.3 Å². The van der Waals surface area contributed by atoms with Crippen LogP contribution >= 0.6 is 0 Å². The Morgan fingerprint density at radius 3 is 2.81 bits per heavy atom. The first-order valence-corrected chi connectivity index (χ1v) is 5.42. The van der Waals surface area contributed by atoms with E-state index in [1.165, 1.54) is 0 Å². The molecule has 16 heavy (non-hydrogen) atoms. The summed E-state index contributed by atoms with van der Waals surface area (Å²) in [7, 11) is 0. The number of aromatic nitrogens is 1. The van der Waals surface area contributed by atoms with E-state index >= 15 is 0 Å². The van der Waals surface area contributed by atoms with Crippen molar-refractivity contribution in [3.8, 4) is 6.07 Å². The van der Waals surface area contributed by atoms with Gasteiger partial charge in [0.25, 0.3) is 0 Å². The third kappa shape index (κ3) is 1.92. The number of hydrogen-bond donors (Lipinski definition) is 0. The number of nitriles is 1. The number of hydrogen-bond acceptors (Lipinski definition) is 4. The highest BCUT2D eigenvalue weighted by Crippen LogP contribution is 2.27. The predicted octanol–water partition coefficient (Wildman–Crippen LogP) is 1.15. The summed E-state index contributed by atoms with van der Waals surface area (Å²) in [5.74, 6) is 0. The molecule has 0 aromatic carbocycles. The molecule has 0 aliphatic carbocycles. The summed E-state index contributed by atoms with van der Waals surface area (Å²) < 4.78 is 5.31. The predicted molar refractivity (Wildman–Crippen MR) is 59.6 cm³/mol. The molecular weight excluding hydrogens is 202 g/mol. The first-order chi connectivity index (χ1) is 7.77. The fourth-order valence-electron chi connectivity index (χ4n) is 1.98. The first kappa shape index (κ1) is 11.1. The third-order valence-electron chi connectivity index (χ3n) is 3.08. The highest BCUT2D eigenvalue weighted by atomic mass is 16.5. The molecule has 1 atom stereocenters. The van der Waals surface area contributed by atoms with Crippen molar-refractivity contribution < 1.29 is 4.74 Å². The highest BCUT2D eigenvalue weighted by Gasteiger charge is 2.34. The Morgan fingerprint density at radius 1 is 1.50 bits per heavy atom. The molecule has 1 aliphatic heterocycles. The zero-order valence-corrected chi connectivity index (χ0v) is 9.39. The number of pyridine rings is 1. The SMILES string of the molecule is CC(C#N)(c1cccnc1)N1CCOCC1. The number of morpholine rings is 1. The van der Waals surface area contributed by atoms with Crippen LogP contribution < -0.4 is 0 Å².